The van der Waals surface area contributed by atoms with E-state index in [2.05, 4.69) is 44.6 Å². The van der Waals surface area contributed by atoms with Crippen LogP contribution in [0.2, 0.25) is 0 Å². The van der Waals surface area contributed by atoms with Gasteiger partial charge in [-0.25, -0.2) is 28.1 Å². The highest BCUT2D eigenvalue weighted by Gasteiger charge is 2.49. The van der Waals surface area contributed by atoms with Crippen LogP contribution >= 0.6 is 23.2 Å². The van der Waals surface area contributed by atoms with Crippen LogP contribution in [0.1, 0.15) is 12.5 Å². The number of aliphatic hydroxyl groups excluding tert-OH is 4. The SMILES string of the molecule is Cn1c[n+]([C@@H]2O[C@H](COP(=O)(O)OP(=O)(O)c3cn(CCNP(=O)(O)OC[C@H]4O[C@@H](n5cnc6c(=O)[nH]c(N)nc65)[C@@H](O)C4O)nn3)C(O)[C@@H]2O)c2nc(N)[nH]c(=O)c21. The number of hydrogen-bond acceptors (Lipinski definition) is 21. The highest BCUT2D eigenvalue weighted by atomic mass is 31.3. The molecule has 5 unspecified atom stereocenters. The highest BCUT2D eigenvalue weighted by Crippen LogP contribution is 2.59. The van der Waals surface area contributed by atoms with Crippen molar-refractivity contribution >= 4 is 62.8 Å². The number of anilines is 2. The fourth-order valence-electron chi connectivity index (χ4n) is 6.20. The molecule has 0 aliphatic carbocycles. The van der Waals surface area contributed by atoms with Crippen molar-refractivity contribution in [1.29, 1.82) is 0 Å². The van der Waals surface area contributed by atoms with Gasteiger partial charge < -0.3 is 56.0 Å². The molecule has 5 aromatic heterocycles. The standard InChI is InChI=1S/C25H35N14O17P3/c1-36-8-39(19-13(36)21(45)33-25(27)31-19)23-17(43)15(41)10(55-23)6-53-59(50,51)56-57(46,47)11-4-37(35-34-11)3-2-29-58(48,49)52-5-9-14(40)16(42)22(54-9)38-7-28-12-18(38)30-24(26)32-20(12)44/h4,7-10,14-17,22-23,40-43H,2-3,5-6H2,1H3,(H9-,26,27,29,30,31,32,33,44,45,46,47,48,49,50,51)/p+1/t9-,10-,14?,15?,16+,17+,22-,23-/m1/s1. The van der Waals surface area contributed by atoms with Gasteiger partial charge >= 0.3 is 28.8 Å². The molecule has 7 heterocycles. The molecule has 2 aliphatic rings. The Kier molecular flexibility index (Phi) is 11.5. The van der Waals surface area contributed by atoms with E-state index in [1.807, 2.05) is 0 Å². The molecule has 322 valence electrons. The molecule has 0 aromatic carbocycles. The Morgan fingerprint density at radius 2 is 1.59 bits per heavy atom. The first kappa shape index (κ1) is 42.7. The van der Waals surface area contributed by atoms with Gasteiger partial charge in [-0.05, 0) is 0 Å². The summed E-state index contributed by atoms with van der Waals surface area (Å²) in [7, 11) is -13.8. The normalized spacial score (nSPS) is 27.9. The number of fused-ring (bicyclic) bond motifs is 2. The molecule has 34 heteroatoms. The largest absolute Gasteiger partial charge is 0.479 e. The smallest absolute Gasteiger partial charge is 0.387 e. The summed E-state index contributed by atoms with van der Waals surface area (Å²) < 4.78 is 68.4. The van der Waals surface area contributed by atoms with Gasteiger partial charge in [0.2, 0.25) is 17.7 Å². The zero-order valence-electron chi connectivity index (χ0n) is 29.9. The second-order valence-electron chi connectivity index (χ2n) is 13.1. The number of aromatic amines is 2. The summed E-state index contributed by atoms with van der Waals surface area (Å²) in [6.07, 6.45) is -8.98. The molecule has 0 bridgehead atoms. The first-order valence-corrected chi connectivity index (χ1v) is 21.5. The predicted octanol–water partition coefficient (Wildman–Crippen LogP) is -5.97. The van der Waals surface area contributed by atoms with E-state index in [1.165, 1.54) is 22.5 Å². The number of aromatic nitrogens is 11. The Labute approximate surface area is 326 Å². The van der Waals surface area contributed by atoms with E-state index in [1.54, 1.807) is 0 Å². The lowest BCUT2D eigenvalue weighted by Crippen LogP contribution is -2.46. The molecular weight excluding hydrogens is 861 g/mol. The number of imidazole rings is 2. The molecule has 0 spiro atoms. The Bertz CT molecular complexity index is 2650. The van der Waals surface area contributed by atoms with Crippen LogP contribution in [0.3, 0.4) is 0 Å². The minimum absolute atomic E-state index is 0.0231. The third kappa shape index (κ3) is 8.63. The summed E-state index contributed by atoms with van der Waals surface area (Å²) in [5, 5.41) is 51.5. The number of nitrogen functional groups attached to an aromatic ring is 2. The lowest BCUT2D eigenvalue weighted by atomic mass is 10.1. The number of nitrogens with zero attached hydrogens (tertiary/aromatic N) is 9. The Balaban J connectivity index is 0.891. The fourth-order valence-corrected chi connectivity index (χ4v) is 9.44. The number of hydrogen-bond donors (Lipinski definition) is 12. The third-order valence-electron chi connectivity index (χ3n) is 8.96. The molecular formula is C25H36N14O17P3+. The van der Waals surface area contributed by atoms with E-state index in [9.17, 15) is 58.4 Å². The summed E-state index contributed by atoms with van der Waals surface area (Å²) in [6.45, 7) is -2.35. The van der Waals surface area contributed by atoms with Gasteiger partial charge in [0.05, 0.1) is 39.3 Å². The molecule has 0 saturated carbocycles. The van der Waals surface area contributed by atoms with Gasteiger partial charge in [-0.3, -0.25) is 47.0 Å². The summed E-state index contributed by atoms with van der Waals surface area (Å²) in [6, 6.07) is 0. The number of H-pyrrole nitrogens is 2. The van der Waals surface area contributed by atoms with Crippen LogP contribution in [0.5, 0.6) is 0 Å². The van der Waals surface area contributed by atoms with Crippen LogP contribution in [0.15, 0.2) is 28.4 Å². The first-order valence-electron chi connectivity index (χ1n) is 16.8. The van der Waals surface area contributed by atoms with E-state index in [0.29, 0.717) is 0 Å². The molecule has 2 fully saturated rings. The van der Waals surface area contributed by atoms with Crippen molar-refractivity contribution in [3.63, 3.8) is 0 Å². The highest BCUT2D eigenvalue weighted by molar-refractivity contribution is 7.69. The van der Waals surface area contributed by atoms with Crippen molar-refractivity contribution in [2.24, 2.45) is 7.05 Å². The molecule has 14 N–H and O–H groups in total. The predicted molar refractivity (Wildman–Crippen MR) is 190 cm³/mol. The average Bonchev–Trinajstić information content (AvgIpc) is 3.96. The Morgan fingerprint density at radius 3 is 2.34 bits per heavy atom. The second kappa shape index (κ2) is 15.9. The van der Waals surface area contributed by atoms with Gasteiger partial charge in [0.15, 0.2) is 29.2 Å². The number of phosphoric ester groups is 1. The van der Waals surface area contributed by atoms with Gasteiger partial charge in [-0.1, -0.05) is 10.2 Å². The van der Waals surface area contributed by atoms with Crippen LogP contribution in [0.4, 0.5) is 11.9 Å². The van der Waals surface area contributed by atoms with Crippen LogP contribution < -0.4 is 37.7 Å². The zero-order chi connectivity index (χ0) is 42.8. The van der Waals surface area contributed by atoms with E-state index in [4.69, 9.17) is 30.0 Å². The average molecular weight is 898 g/mol. The van der Waals surface area contributed by atoms with Crippen molar-refractivity contribution in [1.82, 2.24) is 54.1 Å². The van der Waals surface area contributed by atoms with Crippen molar-refractivity contribution in [2.75, 3.05) is 31.2 Å². The Hall–Kier alpha value is -4.39. The van der Waals surface area contributed by atoms with Crippen LogP contribution in [0, 0.1) is 0 Å². The molecule has 5 aromatic rings. The number of nitrogens with two attached hydrogens (primary N) is 2. The van der Waals surface area contributed by atoms with Gasteiger partial charge in [0, 0.05) is 6.54 Å². The monoisotopic (exact) mass is 897 g/mol. The molecule has 7 rings (SSSR count). The zero-order valence-corrected chi connectivity index (χ0v) is 32.6. The number of aliphatic hydroxyl groups is 4. The quantitative estimate of drug-likeness (QED) is 0.0344. The topological polar surface area (TPSA) is 452 Å². The van der Waals surface area contributed by atoms with E-state index in [0.717, 1.165) is 21.8 Å². The number of ether oxygens (including phenoxy) is 2. The summed E-state index contributed by atoms with van der Waals surface area (Å²) >= 11 is 0. The molecule has 0 radical (unpaired) electrons. The molecule has 59 heavy (non-hydrogen) atoms. The molecule has 11 atom stereocenters. The number of rotatable bonds is 15. The van der Waals surface area contributed by atoms with Crippen LogP contribution in [-0.2, 0) is 50.1 Å². The number of aryl methyl sites for hydroxylation is 1. The van der Waals surface area contributed by atoms with Crippen LogP contribution in [0.25, 0.3) is 22.3 Å². The summed E-state index contributed by atoms with van der Waals surface area (Å²) in [4.78, 5) is 71.9. The second-order valence-corrected chi connectivity index (χ2v) is 18.0. The van der Waals surface area contributed by atoms with Crippen LogP contribution in [-0.4, -0.2) is 141 Å². The van der Waals surface area contributed by atoms with Gasteiger partial charge in [0.25, 0.3) is 17.1 Å². The summed E-state index contributed by atoms with van der Waals surface area (Å²) in [5.74, 6) is -0.499. The van der Waals surface area contributed by atoms with E-state index in [-0.39, 0.29) is 47.3 Å². The van der Waals surface area contributed by atoms with E-state index >= 15 is 0 Å². The van der Waals surface area contributed by atoms with Gasteiger partial charge in [-0.2, -0.15) is 4.98 Å². The van der Waals surface area contributed by atoms with Crippen molar-refractivity contribution < 1.29 is 76.2 Å². The van der Waals surface area contributed by atoms with Crippen molar-refractivity contribution in [3.05, 3.63) is 39.6 Å². The fraction of sp³-hybridized carbons (Fsp3) is 0.520. The summed E-state index contributed by atoms with van der Waals surface area (Å²) in [5.41, 5.74) is 8.95. The number of phosphoric acid groups is 1. The molecule has 2 aliphatic heterocycles. The molecule has 2 saturated heterocycles. The van der Waals surface area contributed by atoms with Gasteiger partial charge in [-0.15, -0.1) is 5.10 Å². The Morgan fingerprint density at radius 1 is 0.932 bits per heavy atom. The van der Waals surface area contributed by atoms with Gasteiger partial charge in [0.1, 0.15) is 36.6 Å². The van der Waals surface area contributed by atoms with E-state index < -0.39 is 102 Å². The first-order chi connectivity index (χ1) is 27.6. The maximum absolute atomic E-state index is 12.9. The maximum atomic E-state index is 12.9. The lowest BCUT2D eigenvalue weighted by Gasteiger charge is -2.18. The third-order valence-corrected chi connectivity index (χ3v) is 13.1. The van der Waals surface area contributed by atoms with Crippen molar-refractivity contribution in [2.45, 2.75) is 55.6 Å². The molecule has 31 nitrogen and oxygen atoms in total. The minimum atomic E-state index is -5.43. The maximum Gasteiger partial charge on any atom is 0.479 e. The molecule has 0 amide bonds. The minimum Gasteiger partial charge on any atom is -0.387 e. The number of nitrogens with one attached hydrogen (secondary N) is 3. The lowest BCUT2D eigenvalue weighted by molar-refractivity contribution is -0.745. The van der Waals surface area contributed by atoms with Crippen molar-refractivity contribution in [3.8, 4) is 0 Å².